The molecular formula is C21H21ClFN5. The molecule has 4 rings (SSSR count). The van der Waals surface area contributed by atoms with Crippen molar-refractivity contribution >= 4 is 29.1 Å². The van der Waals surface area contributed by atoms with Crippen molar-refractivity contribution in [3.8, 4) is 11.3 Å². The Morgan fingerprint density at radius 1 is 1.04 bits per heavy atom. The molecule has 2 aromatic heterocycles. The summed E-state index contributed by atoms with van der Waals surface area (Å²) in [5.74, 6) is 0.767. The minimum Gasteiger partial charge on any atom is -0.351 e. The van der Waals surface area contributed by atoms with E-state index in [2.05, 4.69) is 25.6 Å². The van der Waals surface area contributed by atoms with Crippen molar-refractivity contribution in [2.45, 2.75) is 38.1 Å². The van der Waals surface area contributed by atoms with E-state index in [1.165, 1.54) is 31.4 Å². The van der Waals surface area contributed by atoms with Crippen LogP contribution in [-0.4, -0.2) is 21.0 Å². The molecule has 0 spiro atoms. The molecule has 7 heteroatoms. The highest BCUT2D eigenvalue weighted by Crippen LogP contribution is 2.29. The van der Waals surface area contributed by atoms with E-state index in [0.717, 1.165) is 24.1 Å². The van der Waals surface area contributed by atoms with Gasteiger partial charge in [-0.05, 0) is 43.2 Å². The maximum Gasteiger partial charge on any atom is 0.225 e. The lowest BCUT2D eigenvalue weighted by Crippen LogP contribution is -2.23. The monoisotopic (exact) mass is 397 g/mol. The third-order valence-corrected chi connectivity index (χ3v) is 5.13. The Bertz CT molecular complexity index is 945. The van der Waals surface area contributed by atoms with E-state index in [0.29, 0.717) is 28.5 Å². The first-order valence-electron chi connectivity index (χ1n) is 9.45. The highest BCUT2D eigenvalue weighted by atomic mass is 35.5. The molecule has 28 heavy (non-hydrogen) atoms. The molecular weight excluding hydrogens is 377 g/mol. The number of rotatable bonds is 5. The predicted molar refractivity (Wildman–Crippen MR) is 110 cm³/mol. The van der Waals surface area contributed by atoms with Crippen LogP contribution in [0.4, 0.5) is 21.8 Å². The fourth-order valence-corrected chi connectivity index (χ4v) is 3.61. The van der Waals surface area contributed by atoms with Gasteiger partial charge in [0.25, 0.3) is 0 Å². The lowest BCUT2D eigenvalue weighted by molar-refractivity contribution is 0.461. The van der Waals surface area contributed by atoms with Crippen LogP contribution >= 0.6 is 11.6 Å². The van der Waals surface area contributed by atoms with Crippen molar-refractivity contribution in [3.63, 3.8) is 0 Å². The molecule has 1 aliphatic carbocycles. The Balaban J connectivity index is 1.66. The van der Waals surface area contributed by atoms with Crippen molar-refractivity contribution in [2.24, 2.45) is 0 Å². The number of anilines is 3. The van der Waals surface area contributed by atoms with Crippen LogP contribution in [0, 0.1) is 5.82 Å². The third-order valence-electron chi connectivity index (χ3n) is 4.82. The van der Waals surface area contributed by atoms with Crippen LogP contribution in [0.25, 0.3) is 11.3 Å². The van der Waals surface area contributed by atoms with Crippen LogP contribution in [0.5, 0.6) is 0 Å². The first-order valence-corrected chi connectivity index (χ1v) is 9.83. The van der Waals surface area contributed by atoms with Gasteiger partial charge in [-0.15, -0.1) is 0 Å². The van der Waals surface area contributed by atoms with Gasteiger partial charge in [0.2, 0.25) is 5.95 Å². The number of aromatic nitrogens is 3. The van der Waals surface area contributed by atoms with Crippen molar-refractivity contribution in [1.29, 1.82) is 0 Å². The summed E-state index contributed by atoms with van der Waals surface area (Å²) in [7, 11) is 0. The van der Waals surface area contributed by atoms with Crippen LogP contribution in [0.1, 0.15) is 32.1 Å². The van der Waals surface area contributed by atoms with Gasteiger partial charge in [-0.3, -0.25) is 4.98 Å². The zero-order valence-corrected chi connectivity index (χ0v) is 16.1. The maximum absolute atomic E-state index is 13.3. The lowest BCUT2D eigenvalue weighted by Gasteiger charge is -2.23. The molecule has 0 unspecified atom stereocenters. The quantitative estimate of drug-likeness (QED) is 0.568. The first kappa shape index (κ1) is 18.6. The van der Waals surface area contributed by atoms with E-state index < -0.39 is 0 Å². The molecule has 144 valence electrons. The summed E-state index contributed by atoms with van der Waals surface area (Å²) in [6, 6.07) is 10.3. The van der Waals surface area contributed by atoms with Crippen molar-refractivity contribution in [2.75, 3.05) is 10.6 Å². The van der Waals surface area contributed by atoms with Gasteiger partial charge in [0.05, 0.1) is 16.4 Å². The molecule has 0 amide bonds. The van der Waals surface area contributed by atoms with Gasteiger partial charge in [-0.1, -0.05) is 30.9 Å². The molecule has 1 aromatic carbocycles. The van der Waals surface area contributed by atoms with Crippen LogP contribution in [0.2, 0.25) is 5.02 Å². The summed E-state index contributed by atoms with van der Waals surface area (Å²) in [4.78, 5) is 13.5. The molecule has 1 saturated carbocycles. The maximum atomic E-state index is 13.3. The van der Waals surface area contributed by atoms with E-state index in [1.807, 2.05) is 18.2 Å². The number of nitrogens with one attached hydrogen (secondary N) is 2. The predicted octanol–water partition coefficient (Wildman–Crippen LogP) is 5.82. The van der Waals surface area contributed by atoms with Crippen molar-refractivity contribution in [3.05, 3.63) is 59.6 Å². The van der Waals surface area contributed by atoms with Gasteiger partial charge in [0, 0.05) is 30.1 Å². The molecule has 0 radical (unpaired) electrons. The zero-order chi connectivity index (χ0) is 19.3. The summed E-state index contributed by atoms with van der Waals surface area (Å²) in [6.07, 6.45) is 9.45. The second kappa shape index (κ2) is 8.52. The van der Waals surface area contributed by atoms with Gasteiger partial charge in [-0.2, -0.15) is 4.98 Å². The smallest absolute Gasteiger partial charge is 0.225 e. The molecule has 0 aliphatic heterocycles. The summed E-state index contributed by atoms with van der Waals surface area (Å²) in [5, 5.41) is 6.94. The third kappa shape index (κ3) is 4.57. The Morgan fingerprint density at radius 3 is 2.64 bits per heavy atom. The minimum absolute atomic E-state index is 0.295. The normalized spacial score (nSPS) is 14.6. The van der Waals surface area contributed by atoms with Crippen molar-refractivity contribution < 1.29 is 4.39 Å². The van der Waals surface area contributed by atoms with E-state index in [4.69, 9.17) is 11.6 Å². The molecule has 0 atom stereocenters. The summed E-state index contributed by atoms with van der Waals surface area (Å²) >= 11 is 6.16. The summed E-state index contributed by atoms with van der Waals surface area (Å²) < 4.78 is 13.3. The standard InChI is InChI=1S/C21H21ClFN5/c22-17-11-15(23)8-9-18(17)26-20-12-19(14-5-4-10-24-13-14)27-21(28-20)25-16-6-2-1-3-7-16/h4-5,8-13,16H,1-3,6-7H2,(H2,25,26,27,28). The fourth-order valence-electron chi connectivity index (χ4n) is 3.40. The van der Waals surface area contributed by atoms with Crippen molar-refractivity contribution in [1.82, 2.24) is 15.0 Å². The van der Waals surface area contributed by atoms with Crippen LogP contribution in [0.15, 0.2) is 48.8 Å². The number of nitrogens with zero attached hydrogens (tertiary/aromatic N) is 3. The molecule has 1 fully saturated rings. The van der Waals surface area contributed by atoms with Gasteiger partial charge in [0.1, 0.15) is 11.6 Å². The van der Waals surface area contributed by atoms with Gasteiger partial charge < -0.3 is 10.6 Å². The van der Waals surface area contributed by atoms with E-state index in [9.17, 15) is 4.39 Å². The number of pyridine rings is 1. The van der Waals surface area contributed by atoms with Crippen LogP contribution in [-0.2, 0) is 0 Å². The first-order chi connectivity index (χ1) is 13.7. The molecule has 0 saturated heterocycles. The van der Waals surface area contributed by atoms with E-state index in [1.54, 1.807) is 18.5 Å². The Morgan fingerprint density at radius 2 is 1.89 bits per heavy atom. The second-order valence-corrected chi connectivity index (χ2v) is 7.34. The Kier molecular flexibility index (Phi) is 5.67. The molecule has 5 nitrogen and oxygen atoms in total. The molecule has 2 heterocycles. The fraction of sp³-hybridized carbons (Fsp3) is 0.286. The van der Waals surface area contributed by atoms with E-state index in [-0.39, 0.29) is 5.82 Å². The van der Waals surface area contributed by atoms with E-state index >= 15 is 0 Å². The Labute approximate surface area is 168 Å². The molecule has 0 bridgehead atoms. The van der Waals surface area contributed by atoms with Gasteiger partial charge in [0.15, 0.2) is 0 Å². The molecule has 2 N–H and O–H groups in total. The molecule has 3 aromatic rings. The minimum atomic E-state index is -0.381. The average Bonchev–Trinajstić information content (AvgIpc) is 2.71. The summed E-state index contributed by atoms with van der Waals surface area (Å²) in [6.45, 7) is 0. The zero-order valence-electron chi connectivity index (χ0n) is 15.3. The highest BCUT2D eigenvalue weighted by Gasteiger charge is 2.16. The largest absolute Gasteiger partial charge is 0.351 e. The Hall–Kier alpha value is -2.73. The highest BCUT2D eigenvalue weighted by molar-refractivity contribution is 6.33. The van der Waals surface area contributed by atoms with Crippen LogP contribution in [0.3, 0.4) is 0 Å². The number of hydrogen-bond donors (Lipinski definition) is 2. The van der Waals surface area contributed by atoms with Crippen LogP contribution < -0.4 is 10.6 Å². The summed E-state index contributed by atoms with van der Waals surface area (Å²) in [5.41, 5.74) is 2.23. The SMILES string of the molecule is Fc1ccc(Nc2cc(-c3cccnc3)nc(NC3CCCCC3)n2)c(Cl)c1. The second-order valence-electron chi connectivity index (χ2n) is 6.93. The lowest BCUT2D eigenvalue weighted by atomic mass is 9.96. The van der Waals surface area contributed by atoms with Gasteiger partial charge >= 0.3 is 0 Å². The molecule has 1 aliphatic rings. The average molecular weight is 398 g/mol. The number of hydrogen-bond acceptors (Lipinski definition) is 5. The number of halogens is 2. The van der Waals surface area contributed by atoms with Gasteiger partial charge in [-0.25, -0.2) is 9.37 Å². The topological polar surface area (TPSA) is 62.7 Å². The number of benzene rings is 1.